The lowest BCUT2D eigenvalue weighted by Crippen LogP contribution is -2.61. The highest BCUT2D eigenvalue weighted by atomic mass is 79.9. The van der Waals surface area contributed by atoms with Crippen LogP contribution in [0.4, 0.5) is 0 Å². The van der Waals surface area contributed by atoms with Gasteiger partial charge >= 0.3 is 0 Å². The Kier molecular flexibility index (Phi) is 9.44. The number of carbonyl (C=O) groups is 2. The standard InChI is InChI=1S/C34H36BrClN6O2/c1-24(43)42-17-16-40(33-30-11-10-29(36)19-26(30)8-9-27-18-28(35)20-38-32(27)33)22-31(42)34(44)41(21-25-6-3-2-4-7-25)14-5-13-39-15-12-37-23-39/h2-4,6-7,10-12,15,18-20,23,31,33H,5,8-9,13-14,16-17,21-22H2,1H3/t31-,33-/m1/s1. The quantitative estimate of drug-likeness (QED) is 0.246. The summed E-state index contributed by atoms with van der Waals surface area (Å²) in [4.78, 5) is 42.6. The van der Waals surface area contributed by atoms with Crippen LogP contribution in [0.5, 0.6) is 0 Å². The molecule has 2 atom stereocenters. The summed E-state index contributed by atoms with van der Waals surface area (Å²) in [5, 5.41) is 0.712. The van der Waals surface area contributed by atoms with Crippen LogP contribution in [0.15, 0.2) is 84.0 Å². The Bertz CT molecular complexity index is 1560. The van der Waals surface area contributed by atoms with Gasteiger partial charge in [-0.05, 0) is 75.6 Å². The molecule has 6 rings (SSSR count). The normalized spacial score (nSPS) is 18.3. The molecule has 1 aliphatic heterocycles. The van der Waals surface area contributed by atoms with E-state index in [1.807, 2.05) is 58.3 Å². The molecule has 0 bridgehead atoms. The first-order chi connectivity index (χ1) is 21.4. The van der Waals surface area contributed by atoms with Crippen LogP contribution in [0.25, 0.3) is 0 Å². The Labute approximate surface area is 271 Å². The number of amides is 2. The summed E-state index contributed by atoms with van der Waals surface area (Å²) >= 11 is 10.1. The van der Waals surface area contributed by atoms with E-state index < -0.39 is 6.04 Å². The second kappa shape index (κ2) is 13.6. The highest BCUT2D eigenvalue weighted by Gasteiger charge is 2.41. The number of fused-ring (bicyclic) bond motifs is 2. The number of halogens is 2. The van der Waals surface area contributed by atoms with Gasteiger partial charge in [-0.25, -0.2) is 4.98 Å². The van der Waals surface area contributed by atoms with E-state index in [0.29, 0.717) is 37.7 Å². The molecule has 1 fully saturated rings. The first-order valence-corrected chi connectivity index (χ1v) is 16.3. The van der Waals surface area contributed by atoms with Crippen molar-refractivity contribution in [1.82, 2.24) is 29.2 Å². The van der Waals surface area contributed by atoms with Gasteiger partial charge < -0.3 is 14.4 Å². The van der Waals surface area contributed by atoms with Crippen LogP contribution in [0.2, 0.25) is 5.02 Å². The number of benzene rings is 2. The molecule has 2 amide bonds. The minimum Gasteiger partial charge on any atom is -0.337 e. The third kappa shape index (κ3) is 6.75. The largest absolute Gasteiger partial charge is 0.337 e. The third-order valence-electron chi connectivity index (χ3n) is 8.69. The van der Waals surface area contributed by atoms with Gasteiger partial charge in [-0.15, -0.1) is 0 Å². The molecule has 3 heterocycles. The van der Waals surface area contributed by atoms with Crippen LogP contribution in [0.1, 0.15) is 47.3 Å². The van der Waals surface area contributed by atoms with Gasteiger partial charge in [0, 0.05) is 74.3 Å². The van der Waals surface area contributed by atoms with Gasteiger partial charge in [0.1, 0.15) is 6.04 Å². The second-order valence-corrected chi connectivity index (χ2v) is 12.9. The molecular formula is C34H36BrClN6O2. The lowest BCUT2D eigenvalue weighted by molar-refractivity contribution is -0.149. The van der Waals surface area contributed by atoms with Crippen molar-refractivity contribution in [2.45, 2.75) is 51.4 Å². The fourth-order valence-corrected chi connectivity index (χ4v) is 7.13. The van der Waals surface area contributed by atoms with Crippen molar-refractivity contribution in [3.63, 3.8) is 0 Å². The van der Waals surface area contributed by atoms with Crippen LogP contribution in [-0.2, 0) is 35.5 Å². The number of rotatable bonds is 8. The highest BCUT2D eigenvalue weighted by Crippen LogP contribution is 2.38. The summed E-state index contributed by atoms with van der Waals surface area (Å²) in [6, 6.07) is 17.5. The van der Waals surface area contributed by atoms with E-state index in [0.717, 1.165) is 47.1 Å². The molecule has 8 nitrogen and oxygen atoms in total. The Morgan fingerprint density at radius 3 is 2.66 bits per heavy atom. The molecule has 0 N–H and O–H groups in total. The first-order valence-electron chi connectivity index (χ1n) is 15.1. The van der Waals surface area contributed by atoms with Crippen LogP contribution in [0, 0.1) is 0 Å². The highest BCUT2D eigenvalue weighted by molar-refractivity contribution is 9.10. The monoisotopic (exact) mass is 674 g/mol. The van der Waals surface area contributed by atoms with Crippen molar-refractivity contribution in [1.29, 1.82) is 0 Å². The molecule has 0 unspecified atom stereocenters. The molecule has 2 aliphatic rings. The maximum Gasteiger partial charge on any atom is 0.247 e. The molecule has 1 aliphatic carbocycles. The number of imidazole rings is 1. The van der Waals surface area contributed by atoms with Crippen molar-refractivity contribution >= 4 is 39.3 Å². The molecular weight excluding hydrogens is 640 g/mol. The zero-order chi connectivity index (χ0) is 30.6. The zero-order valence-corrected chi connectivity index (χ0v) is 27.1. The maximum atomic E-state index is 14.5. The third-order valence-corrected chi connectivity index (χ3v) is 9.36. The van der Waals surface area contributed by atoms with E-state index in [1.54, 1.807) is 24.3 Å². The lowest BCUT2D eigenvalue weighted by Gasteiger charge is -2.45. The Hall–Kier alpha value is -3.53. The average Bonchev–Trinajstić information content (AvgIpc) is 3.49. The Morgan fingerprint density at radius 2 is 1.89 bits per heavy atom. The summed E-state index contributed by atoms with van der Waals surface area (Å²) in [6.07, 6.45) is 9.82. The minimum atomic E-state index is -0.615. The van der Waals surface area contributed by atoms with Gasteiger partial charge in [-0.2, -0.15) is 0 Å². The van der Waals surface area contributed by atoms with Gasteiger partial charge in [0.05, 0.1) is 18.1 Å². The fraction of sp³-hybridized carbons (Fsp3) is 0.353. The van der Waals surface area contributed by atoms with E-state index >= 15 is 0 Å². The van der Waals surface area contributed by atoms with Gasteiger partial charge in [-0.3, -0.25) is 19.5 Å². The molecule has 2 aromatic heterocycles. The molecule has 228 valence electrons. The second-order valence-electron chi connectivity index (χ2n) is 11.6. The summed E-state index contributed by atoms with van der Waals surface area (Å²) in [6.45, 7) is 4.87. The van der Waals surface area contributed by atoms with Crippen LogP contribution >= 0.6 is 27.5 Å². The molecule has 0 spiro atoms. The predicted molar refractivity (Wildman–Crippen MR) is 174 cm³/mol. The van der Waals surface area contributed by atoms with Crippen LogP contribution in [-0.4, -0.2) is 73.3 Å². The number of hydrogen-bond donors (Lipinski definition) is 0. The van der Waals surface area contributed by atoms with Gasteiger partial charge in [0.2, 0.25) is 11.8 Å². The minimum absolute atomic E-state index is 0.0340. The van der Waals surface area contributed by atoms with E-state index in [-0.39, 0.29) is 17.9 Å². The van der Waals surface area contributed by atoms with Crippen LogP contribution < -0.4 is 0 Å². The van der Waals surface area contributed by atoms with Gasteiger partial charge in [0.15, 0.2) is 0 Å². The lowest BCUT2D eigenvalue weighted by atomic mass is 9.95. The molecule has 2 aromatic carbocycles. The average molecular weight is 676 g/mol. The van der Waals surface area contributed by atoms with E-state index in [2.05, 4.69) is 44.0 Å². The molecule has 0 radical (unpaired) electrons. The fourth-order valence-electron chi connectivity index (χ4n) is 6.55. The Morgan fingerprint density at radius 1 is 1.07 bits per heavy atom. The molecule has 10 heteroatoms. The topological polar surface area (TPSA) is 74.6 Å². The van der Waals surface area contributed by atoms with E-state index in [4.69, 9.17) is 16.6 Å². The number of pyridine rings is 1. The van der Waals surface area contributed by atoms with Crippen molar-refractivity contribution < 1.29 is 9.59 Å². The SMILES string of the molecule is CC(=O)N1CCN([C@@H]2c3ccc(Cl)cc3CCc3cc(Br)cnc32)C[C@@H]1C(=O)N(CCCn1ccnc1)Cc1ccccc1. The number of piperazine rings is 1. The van der Waals surface area contributed by atoms with Gasteiger partial charge in [-0.1, -0.05) is 48.0 Å². The summed E-state index contributed by atoms with van der Waals surface area (Å²) in [5.41, 5.74) is 5.59. The summed E-state index contributed by atoms with van der Waals surface area (Å²) in [7, 11) is 0. The van der Waals surface area contributed by atoms with Crippen molar-refractivity contribution in [3.8, 4) is 0 Å². The van der Waals surface area contributed by atoms with Crippen molar-refractivity contribution in [2.24, 2.45) is 0 Å². The number of hydrogen-bond acceptors (Lipinski definition) is 5. The van der Waals surface area contributed by atoms with Crippen molar-refractivity contribution in [2.75, 3.05) is 26.2 Å². The number of aromatic nitrogens is 3. The van der Waals surface area contributed by atoms with Gasteiger partial charge in [0.25, 0.3) is 0 Å². The van der Waals surface area contributed by atoms with Crippen LogP contribution in [0.3, 0.4) is 0 Å². The number of carbonyl (C=O) groups excluding carboxylic acids is 2. The van der Waals surface area contributed by atoms with Crippen molar-refractivity contribution in [3.05, 3.63) is 117 Å². The zero-order valence-electron chi connectivity index (χ0n) is 24.8. The predicted octanol–water partition coefficient (Wildman–Crippen LogP) is 5.53. The van der Waals surface area contributed by atoms with E-state index in [9.17, 15) is 9.59 Å². The first kappa shape index (κ1) is 30.5. The number of nitrogens with zero attached hydrogens (tertiary/aromatic N) is 6. The Balaban J connectivity index is 1.32. The smallest absolute Gasteiger partial charge is 0.247 e. The molecule has 44 heavy (non-hydrogen) atoms. The summed E-state index contributed by atoms with van der Waals surface area (Å²) in [5.74, 6) is -0.120. The summed E-state index contributed by atoms with van der Waals surface area (Å²) < 4.78 is 2.97. The molecule has 0 saturated carbocycles. The van der Waals surface area contributed by atoms with E-state index in [1.165, 1.54) is 11.1 Å². The maximum absolute atomic E-state index is 14.5. The molecule has 1 saturated heterocycles. The number of aryl methyl sites for hydroxylation is 3. The molecule has 4 aromatic rings.